The number of methoxy groups -OCH3 is 1. The quantitative estimate of drug-likeness (QED) is 0.688. The van der Waals surface area contributed by atoms with E-state index in [-0.39, 0.29) is 17.8 Å². The normalized spacial score (nSPS) is 14.5. The fraction of sp³-hybridized carbons (Fsp3) is 0.417. The minimum atomic E-state index is -0.152. The number of esters is 1. The predicted octanol–water partition coefficient (Wildman–Crippen LogP) is 2.60. The number of ether oxygens (including phenoxy) is 1. The Morgan fingerprint density at radius 3 is 2.29 bits per heavy atom. The molecule has 14 heavy (non-hydrogen) atoms. The van der Waals surface area contributed by atoms with Crippen LogP contribution in [0, 0.1) is 5.92 Å². The second-order valence-corrected chi connectivity index (χ2v) is 3.51. The van der Waals surface area contributed by atoms with Crippen molar-refractivity contribution in [2.75, 3.05) is 7.11 Å². The maximum absolute atomic E-state index is 11.3. The van der Waals surface area contributed by atoms with E-state index in [9.17, 15) is 4.79 Å². The van der Waals surface area contributed by atoms with Gasteiger partial charge in [-0.3, -0.25) is 4.79 Å². The van der Waals surface area contributed by atoms with Crippen molar-refractivity contribution in [3.63, 3.8) is 0 Å². The molecule has 2 nitrogen and oxygen atoms in total. The van der Waals surface area contributed by atoms with Gasteiger partial charge in [-0.1, -0.05) is 44.2 Å². The summed E-state index contributed by atoms with van der Waals surface area (Å²) in [5.41, 5.74) is 1.17. The standard InChI is InChI=1S/C12H16O2/c1-9(10(2)12(13)14-3)11-7-5-4-6-8-11/h4-10H,1-3H3/t9-,10?/m0/s1. The highest BCUT2D eigenvalue weighted by molar-refractivity contribution is 5.73. The molecular formula is C12H16O2. The van der Waals surface area contributed by atoms with Crippen LogP contribution < -0.4 is 0 Å². The van der Waals surface area contributed by atoms with E-state index in [1.165, 1.54) is 12.7 Å². The molecule has 0 aliphatic carbocycles. The van der Waals surface area contributed by atoms with Gasteiger partial charge in [-0.2, -0.15) is 0 Å². The maximum atomic E-state index is 11.3. The van der Waals surface area contributed by atoms with Gasteiger partial charge in [-0.15, -0.1) is 0 Å². The average Bonchev–Trinajstić information content (AvgIpc) is 2.27. The summed E-state index contributed by atoms with van der Waals surface area (Å²) < 4.78 is 4.72. The van der Waals surface area contributed by atoms with Crippen molar-refractivity contribution in [1.29, 1.82) is 0 Å². The zero-order valence-corrected chi connectivity index (χ0v) is 8.86. The van der Waals surface area contributed by atoms with Crippen LogP contribution in [0.25, 0.3) is 0 Å². The summed E-state index contributed by atoms with van der Waals surface area (Å²) in [5.74, 6) is -0.0487. The molecule has 2 heteroatoms. The lowest BCUT2D eigenvalue weighted by atomic mass is 9.89. The minimum Gasteiger partial charge on any atom is -0.469 e. The van der Waals surface area contributed by atoms with E-state index in [1.54, 1.807) is 0 Å². The van der Waals surface area contributed by atoms with E-state index in [2.05, 4.69) is 0 Å². The Morgan fingerprint density at radius 2 is 1.79 bits per heavy atom. The average molecular weight is 192 g/mol. The maximum Gasteiger partial charge on any atom is 0.308 e. The Morgan fingerprint density at radius 1 is 1.21 bits per heavy atom. The molecule has 1 aromatic rings. The zero-order valence-electron chi connectivity index (χ0n) is 8.86. The van der Waals surface area contributed by atoms with Crippen molar-refractivity contribution >= 4 is 5.97 Å². The number of benzene rings is 1. The van der Waals surface area contributed by atoms with E-state index in [0.29, 0.717) is 0 Å². The van der Waals surface area contributed by atoms with Crippen LogP contribution in [0.15, 0.2) is 30.3 Å². The van der Waals surface area contributed by atoms with Gasteiger partial charge in [0.1, 0.15) is 0 Å². The number of carbonyl (C=O) groups is 1. The molecule has 0 N–H and O–H groups in total. The highest BCUT2D eigenvalue weighted by Gasteiger charge is 2.21. The Hall–Kier alpha value is -1.31. The summed E-state index contributed by atoms with van der Waals surface area (Å²) in [4.78, 5) is 11.3. The first kappa shape index (κ1) is 10.8. The monoisotopic (exact) mass is 192 g/mol. The molecule has 1 unspecified atom stereocenters. The third-order valence-electron chi connectivity index (χ3n) is 2.65. The lowest BCUT2D eigenvalue weighted by molar-refractivity contribution is -0.145. The van der Waals surface area contributed by atoms with Gasteiger partial charge in [0.15, 0.2) is 0 Å². The summed E-state index contributed by atoms with van der Waals surface area (Å²) >= 11 is 0. The van der Waals surface area contributed by atoms with Gasteiger partial charge < -0.3 is 4.74 Å². The van der Waals surface area contributed by atoms with Crippen LogP contribution in [-0.2, 0) is 9.53 Å². The highest BCUT2D eigenvalue weighted by Crippen LogP contribution is 2.24. The molecule has 0 saturated heterocycles. The first-order valence-corrected chi connectivity index (χ1v) is 4.79. The van der Waals surface area contributed by atoms with E-state index in [1.807, 2.05) is 44.2 Å². The van der Waals surface area contributed by atoms with E-state index in [0.717, 1.165) is 0 Å². The van der Waals surface area contributed by atoms with Crippen molar-refractivity contribution in [1.82, 2.24) is 0 Å². The largest absolute Gasteiger partial charge is 0.469 e. The molecule has 0 aliphatic rings. The summed E-state index contributed by atoms with van der Waals surface area (Å²) in [7, 11) is 1.43. The zero-order chi connectivity index (χ0) is 10.6. The topological polar surface area (TPSA) is 26.3 Å². The fourth-order valence-electron chi connectivity index (χ4n) is 1.44. The number of hydrogen-bond acceptors (Lipinski definition) is 2. The van der Waals surface area contributed by atoms with Gasteiger partial charge >= 0.3 is 5.97 Å². The van der Waals surface area contributed by atoms with Crippen molar-refractivity contribution in [2.45, 2.75) is 19.8 Å². The molecule has 0 spiro atoms. The number of carbonyl (C=O) groups excluding carboxylic acids is 1. The van der Waals surface area contributed by atoms with Crippen LogP contribution in [0.4, 0.5) is 0 Å². The van der Waals surface area contributed by atoms with Crippen LogP contribution in [0.3, 0.4) is 0 Å². The predicted molar refractivity (Wildman–Crippen MR) is 56.0 cm³/mol. The first-order chi connectivity index (χ1) is 6.66. The van der Waals surface area contributed by atoms with Crippen LogP contribution >= 0.6 is 0 Å². The molecule has 0 aliphatic heterocycles. The summed E-state index contributed by atoms with van der Waals surface area (Å²) in [6.45, 7) is 3.93. The van der Waals surface area contributed by atoms with E-state index in [4.69, 9.17) is 4.74 Å². The van der Waals surface area contributed by atoms with Gasteiger partial charge in [0.25, 0.3) is 0 Å². The van der Waals surface area contributed by atoms with Gasteiger partial charge in [0.2, 0.25) is 0 Å². The molecule has 1 aromatic carbocycles. The Kier molecular flexibility index (Phi) is 3.69. The first-order valence-electron chi connectivity index (χ1n) is 4.79. The van der Waals surface area contributed by atoms with Gasteiger partial charge in [0.05, 0.1) is 13.0 Å². The molecule has 0 heterocycles. The van der Waals surface area contributed by atoms with Gasteiger partial charge in [-0.25, -0.2) is 0 Å². The minimum absolute atomic E-state index is 0.0950. The van der Waals surface area contributed by atoms with Crippen LogP contribution in [0.2, 0.25) is 0 Å². The molecule has 0 amide bonds. The van der Waals surface area contributed by atoms with Crippen LogP contribution in [0.5, 0.6) is 0 Å². The van der Waals surface area contributed by atoms with E-state index >= 15 is 0 Å². The Balaban J connectivity index is 2.75. The second-order valence-electron chi connectivity index (χ2n) is 3.51. The van der Waals surface area contributed by atoms with Gasteiger partial charge in [0, 0.05) is 0 Å². The smallest absolute Gasteiger partial charge is 0.308 e. The molecule has 76 valence electrons. The summed E-state index contributed by atoms with van der Waals surface area (Å²) in [5, 5.41) is 0. The molecule has 2 atom stereocenters. The molecule has 1 rings (SSSR count). The van der Waals surface area contributed by atoms with Crippen LogP contribution in [-0.4, -0.2) is 13.1 Å². The summed E-state index contributed by atoms with van der Waals surface area (Å²) in [6, 6.07) is 10.00. The van der Waals surface area contributed by atoms with Crippen LogP contribution in [0.1, 0.15) is 25.3 Å². The molecule has 0 radical (unpaired) electrons. The third kappa shape index (κ3) is 2.34. The number of rotatable bonds is 3. The van der Waals surface area contributed by atoms with Gasteiger partial charge in [-0.05, 0) is 11.5 Å². The van der Waals surface area contributed by atoms with Crippen molar-refractivity contribution in [2.24, 2.45) is 5.92 Å². The fourth-order valence-corrected chi connectivity index (χ4v) is 1.44. The highest BCUT2D eigenvalue weighted by atomic mass is 16.5. The lowest BCUT2D eigenvalue weighted by Crippen LogP contribution is -2.18. The Labute approximate surface area is 84.9 Å². The molecule has 0 bridgehead atoms. The van der Waals surface area contributed by atoms with Crippen molar-refractivity contribution in [3.8, 4) is 0 Å². The SMILES string of the molecule is COC(=O)C(C)[C@H](C)c1ccccc1. The van der Waals surface area contributed by atoms with E-state index < -0.39 is 0 Å². The number of hydrogen-bond donors (Lipinski definition) is 0. The molecule has 0 aromatic heterocycles. The van der Waals surface area contributed by atoms with Crippen molar-refractivity contribution in [3.05, 3.63) is 35.9 Å². The summed E-state index contributed by atoms with van der Waals surface area (Å²) in [6.07, 6.45) is 0. The Bertz CT molecular complexity index is 292. The molecular weight excluding hydrogens is 176 g/mol. The lowest BCUT2D eigenvalue weighted by Gasteiger charge is -2.17. The molecule has 0 fully saturated rings. The third-order valence-corrected chi connectivity index (χ3v) is 2.65. The molecule has 0 saturated carbocycles. The second kappa shape index (κ2) is 4.80. The van der Waals surface area contributed by atoms with Crippen molar-refractivity contribution < 1.29 is 9.53 Å².